The number of nitrogens with zero attached hydrogens (tertiary/aromatic N) is 2. The van der Waals surface area contributed by atoms with Gasteiger partial charge in [-0.15, -0.1) is 0 Å². The molecule has 0 radical (unpaired) electrons. The molecule has 0 aliphatic carbocycles. The Morgan fingerprint density at radius 1 is 1.15 bits per heavy atom. The number of carbonyl (C=O) groups excluding carboxylic acids is 2. The van der Waals surface area contributed by atoms with Crippen LogP contribution in [0.3, 0.4) is 0 Å². The first-order valence-electron chi connectivity index (χ1n) is 9.67. The zero-order valence-corrected chi connectivity index (χ0v) is 15.6. The summed E-state index contributed by atoms with van der Waals surface area (Å²) in [6.45, 7) is 7.22. The van der Waals surface area contributed by atoms with Crippen molar-refractivity contribution in [1.29, 1.82) is 0 Å². The Bertz CT molecular complexity index is 599. The molecule has 1 aromatic rings. The zero-order valence-electron chi connectivity index (χ0n) is 15.6. The maximum absolute atomic E-state index is 12.4. The van der Waals surface area contributed by atoms with Gasteiger partial charge in [-0.3, -0.25) is 14.5 Å². The van der Waals surface area contributed by atoms with Gasteiger partial charge in [0.25, 0.3) is 0 Å². The number of hydrogen-bond donors (Lipinski definition) is 2. The van der Waals surface area contributed by atoms with Crippen LogP contribution in [-0.4, -0.2) is 66.9 Å². The van der Waals surface area contributed by atoms with E-state index in [-0.39, 0.29) is 24.3 Å². The summed E-state index contributed by atoms with van der Waals surface area (Å²) >= 11 is 0. The number of piperidine rings is 1. The van der Waals surface area contributed by atoms with E-state index in [0.29, 0.717) is 6.04 Å². The number of benzene rings is 1. The normalized spacial score (nSPS) is 24.3. The molecule has 2 heterocycles. The number of amides is 2. The van der Waals surface area contributed by atoms with E-state index in [1.54, 1.807) is 0 Å². The number of nitrogens with one attached hydrogen (secondary N) is 2. The fourth-order valence-corrected chi connectivity index (χ4v) is 3.79. The largest absolute Gasteiger partial charge is 0.347 e. The van der Waals surface area contributed by atoms with E-state index in [2.05, 4.69) is 46.7 Å². The van der Waals surface area contributed by atoms with Crippen molar-refractivity contribution in [3.05, 3.63) is 35.9 Å². The average molecular weight is 358 g/mol. The first-order chi connectivity index (χ1) is 12.6. The molecule has 0 saturated carbocycles. The summed E-state index contributed by atoms with van der Waals surface area (Å²) in [6, 6.07) is 10.8. The lowest BCUT2D eigenvalue weighted by Crippen LogP contribution is -2.51. The summed E-state index contributed by atoms with van der Waals surface area (Å²) in [5.41, 5.74) is 1.30. The first kappa shape index (κ1) is 18.9. The number of rotatable bonds is 5. The zero-order chi connectivity index (χ0) is 18.4. The van der Waals surface area contributed by atoms with Gasteiger partial charge in [-0.1, -0.05) is 30.3 Å². The third kappa shape index (κ3) is 5.29. The minimum Gasteiger partial charge on any atom is -0.347 e. The van der Waals surface area contributed by atoms with Crippen molar-refractivity contribution < 1.29 is 9.59 Å². The summed E-state index contributed by atoms with van der Waals surface area (Å²) in [4.78, 5) is 28.9. The molecule has 2 aliphatic rings. The van der Waals surface area contributed by atoms with E-state index in [1.165, 1.54) is 5.56 Å². The van der Waals surface area contributed by atoms with Gasteiger partial charge >= 0.3 is 0 Å². The molecule has 0 bridgehead atoms. The Balaban J connectivity index is 1.37. The Hall–Kier alpha value is -1.92. The molecule has 2 fully saturated rings. The Kier molecular flexibility index (Phi) is 6.63. The van der Waals surface area contributed by atoms with Crippen molar-refractivity contribution in [3.8, 4) is 0 Å². The van der Waals surface area contributed by atoms with Gasteiger partial charge in [0, 0.05) is 44.7 Å². The third-order valence-electron chi connectivity index (χ3n) is 5.38. The van der Waals surface area contributed by atoms with Crippen LogP contribution in [0.2, 0.25) is 0 Å². The highest BCUT2D eigenvalue weighted by Crippen LogP contribution is 2.16. The summed E-state index contributed by atoms with van der Waals surface area (Å²) in [7, 11) is 0. The van der Waals surface area contributed by atoms with Crippen molar-refractivity contribution in [1.82, 2.24) is 20.4 Å². The van der Waals surface area contributed by atoms with Gasteiger partial charge in [0.2, 0.25) is 11.8 Å². The van der Waals surface area contributed by atoms with Gasteiger partial charge < -0.3 is 15.5 Å². The molecule has 0 aromatic heterocycles. The van der Waals surface area contributed by atoms with Crippen molar-refractivity contribution in [2.24, 2.45) is 5.92 Å². The van der Waals surface area contributed by atoms with E-state index < -0.39 is 0 Å². The summed E-state index contributed by atoms with van der Waals surface area (Å²) in [5, 5.41) is 6.19. The standard InChI is InChI=1S/C20H30N4O2/c1-16-13-18(7-8-21-16)20(26)22-14-19(25)24-11-9-23(10-12-24)15-17-5-3-2-4-6-17/h2-6,16,18,21H,7-15H2,1H3,(H,22,26)/t16-,18-/m0/s1. The molecule has 26 heavy (non-hydrogen) atoms. The molecular weight excluding hydrogens is 328 g/mol. The first-order valence-corrected chi connectivity index (χ1v) is 9.67. The minimum absolute atomic E-state index is 0.0226. The maximum atomic E-state index is 12.4. The topological polar surface area (TPSA) is 64.7 Å². The molecule has 2 saturated heterocycles. The smallest absolute Gasteiger partial charge is 0.242 e. The van der Waals surface area contributed by atoms with E-state index in [9.17, 15) is 9.59 Å². The van der Waals surface area contributed by atoms with Crippen molar-refractivity contribution in [3.63, 3.8) is 0 Å². The van der Waals surface area contributed by atoms with Crippen LogP contribution in [0.25, 0.3) is 0 Å². The van der Waals surface area contributed by atoms with Crippen molar-refractivity contribution in [2.45, 2.75) is 32.4 Å². The van der Waals surface area contributed by atoms with Crippen LogP contribution in [0.5, 0.6) is 0 Å². The lowest BCUT2D eigenvalue weighted by atomic mass is 9.92. The predicted octanol–water partition coefficient (Wildman–Crippen LogP) is 0.835. The predicted molar refractivity (Wildman–Crippen MR) is 101 cm³/mol. The molecule has 2 atom stereocenters. The van der Waals surface area contributed by atoms with Crippen LogP contribution in [-0.2, 0) is 16.1 Å². The third-order valence-corrected chi connectivity index (χ3v) is 5.38. The second-order valence-electron chi connectivity index (χ2n) is 7.44. The Morgan fingerprint density at radius 3 is 2.58 bits per heavy atom. The SMILES string of the molecule is C[C@H]1C[C@@H](C(=O)NCC(=O)N2CCN(Cc3ccccc3)CC2)CCN1. The van der Waals surface area contributed by atoms with Gasteiger partial charge in [0.15, 0.2) is 0 Å². The lowest BCUT2D eigenvalue weighted by Gasteiger charge is -2.35. The van der Waals surface area contributed by atoms with Crippen LogP contribution in [0.15, 0.2) is 30.3 Å². The molecule has 2 aliphatic heterocycles. The molecular formula is C20H30N4O2. The monoisotopic (exact) mass is 358 g/mol. The Morgan fingerprint density at radius 2 is 1.88 bits per heavy atom. The quantitative estimate of drug-likeness (QED) is 0.819. The molecule has 6 heteroatoms. The van der Waals surface area contributed by atoms with Gasteiger partial charge in [-0.05, 0) is 31.9 Å². The van der Waals surface area contributed by atoms with E-state index in [1.807, 2.05) is 11.0 Å². The average Bonchev–Trinajstić information content (AvgIpc) is 2.67. The van der Waals surface area contributed by atoms with Crippen LogP contribution >= 0.6 is 0 Å². The summed E-state index contributed by atoms with van der Waals surface area (Å²) in [6.07, 6.45) is 1.70. The molecule has 3 rings (SSSR count). The molecule has 6 nitrogen and oxygen atoms in total. The highest BCUT2D eigenvalue weighted by atomic mass is 16.2. The lowest BCUT2D eigenvalue weighted by molar-refractivity contribution is -0.135. The Labute approximate surface area is 155 Å². The molecule has 1 aromatic carbocycles. The minimum atomic E-state index is 0.0226. The van der Waals surface area contributed by atoms with Crippen LogP contribution < -0.4 is 10.6 Å². The van der Waals surface area contributed by atoms with Crippen LogP contribution in [0, 0.1) is 5.92 Å². The highest BCUT2D eigenvalue weighted by molar-refractivity contribution is 5.86. The number of piperazine rings is 1. The maximum Gasteiger partial charge on any atom is 0.242 e. The summed E-state index contributed by atoms with van der Waals surface area (Å²) in [5.74, 6) is 0.0795. The van der Waals surface area contributed by atoms with Crippen molar-refractivity contribution in [2.75, 3.05) is 39.3 Å². The highest BCUT2D eigenvalue weighted by Gasteiger charge is 2.26. The summed E-state index contributed by atoms with van der Waals surface area (Å²) < 4.78 is 0. The molecule has 2 N–H and O–H groups in total. The van der Waals surface area contributed by atoms with E-state index in [0.717, 1.165) is 52.1 Å². The second kappa shape index (κ2) is 9.14. The van der Waals surface area contributed by atoms with Gasteiger partial charge in [0.1, 0.15) is 0 Å². The van der Waals surface area contributed by atoms with Crippen molar-refractivity contribution >= 4 is 11.8 Å². The molecule has 142 valence electrons. The van der Waals surface area contributed by atoms with Gasteiger partial charge in [0.05, 0.1) is 6.54 Å². The fraction of sp³-hybridized carbons (Fsp3) is 0.600. The second-order valence-corrected chi connectivity index (χ2v) is 7.44. The number of carbonyl (C=O) groups is 2. The molecule has 0 unspecified atom stereocenters. The van der Waals surface area contributed by atoms with Crippen LogP contribution in [0.1, 0.15) is 25.3 Å². The van der Waals surface area contributed by atoms with Crippen LogP contribution in [0.4, 0.5) is 0 Å². The number of hydrogen-bond acceptors (Lipinski definition) is 4. The van der Waals surface area contributed by atoms with Gasteiger partial charge in [-0.25, -0.2) is 0 Å². The van der Waals surface area contributed by atoms with Gasteiger partial charge in [-0.2, -0.15) is 0 Å². The van der Waals surface area contributed by atoms with E-state index >= 15 is 0 Å². The molecule has 2 amide bonds. The molecule has 0 spiro atoms. The fourth-order valence-electron chi connectivity index (χ4n) is 3.79. The van der Waals surface area contributed by atoms with E-state index in [4.69, 9.17) is 0 Å².